The summed E-state index contributed by atoms with van der Waals surface area (Å²) in [6.07, 6.45) is 1.11. The molecule has 6 nitrogen and oxygen atoms in total. The van der Waals surface area contributed by atoms with E-state index < -0.39 is 23.0 Å². The highest BCUT2D eigenvalue weighted by Crippen LogP contribution is 2.47. The summed E-state index contributed by atoms with van der Waals surface area (Å²) in [4.78, 5) is 11.2. The second kappa shape index (κ2) is 4.32. The first-order valence-electron chi connectivity index (χ1n) is 5.97. The zero-order valence-corrected chi connectivity index (χ0v) is 10.3. The van der Waals surface area contributed by atoms with Crippen molar-refractivity contribution in [1.82, 2.24) is 20.2 Å². The van der Waals surface area contributed by atoms with Gasteiger partial charge in [-0.2, -0.15) is 0 Å². The molecule has 0 unspecified atom stereocenters. The third kappa shape index (κ3) is 2.02. The highest BCUT2D eigenvalue weighted by molar-refractivity contribution is 5.77. The normalized spacial score (nSPS) is 16.1. The van der Waals surface area contributed by atoms with Crippen molar-refractivity contribution in [2.75, 3.05) is 0 Å². The Morgan fingerprint density at radius 2 is 2.10 bits per heavy atom. The van der Waals surface area contributed by atoms with E-state index in [9.17, 15) is 13.6 Å². The van der Waals surface area contributed by atoms with Gasteiger partial charge in [0.15, 0.2) is 17.5 Å². The lowest BCUT2D eigenvalue weighted by atomic mass is 10.1. The molecule has 1 saturated carbocycles. The Labute approximate surface area is 112 Å². The van der Waals surface area contributed by atoms with Crippen LogP contribution in [0.2, 0.25) is 0 Å². The van der Waals surface area contributed by atoms with Crippen LogP contribution in [0, 0.1) is 17.0 Å². The number of halogens is 2. The fourth-order valence-electron chi connectivity index (χ4n) is 2.03. The molecule has 3 rings (SSSR count). The molecule has 2 aromatic rings. The molecule has 20 heavy (non-hydrogen) atoms. The standard InChI is InChI=1S/C12H10F2N4O2/c13-8-2-1-7(5-9(8)14)10-15-16-17-18(10)6-12(3-4-12)11(19)20/h1-2,5H,3-4,6H2,(H,19,20). The van der Waals surface area contributed by atoms with E-state index in [-0.39, 0.29) is 12.4 Å². The van der Waals surface area contributed by atoms with Gasteiger partial charge in [-0.25, -0.2) is 13.5 Å². The molecule has 1 aliphatic carbocycles. The van der Waals surface area contributed by atoms with Crippen molar-refractivity contribution in [3.63, 3.8) is 0 Å². The van der Waals surface area contributed by atoms with Gasteiger partial charge < -0.3 is 5.11 Å². The molecule has 104 valence electrons. The van der Waals surface area contributed by atoms with Gasteiger partial charge in [-0.3, -0.25) is 4.79 Å². The van der Waals surface area contributed by atoms with Gasteiger partial charge >= 0.3 is 5.97 Å². The maximum atomic E-state index is 13.2. The number of carboxylic acid groups (broad SMARTS) is 1. The van der Waals surface area contributed by atoms with Crippen LogP contribution in [0.25, 0.3) is 11.4 Å². The monoisotopic (exact) mass is 280 g/mol. The highest BCUT2D eigenvalue weighted by atomic mass is 19.2. The third-order valence-corrected chi connectivity index (χ3v) is 3.47. The van der Waals surface area contributed by atoms with Crippen molar-refractivity contribution in [3.05, 3.63) is 29.8 Å². The SMILES string of the molecule is O=C(O)C1(Cn2nnnc2-c2ccc(F)c(F)c2)CC1. The summed E-state index contributed by atoms with van der Waals surface area (Å²) in [6, 6.07) is 3.31. The van der Waals surface area contributed by atoms with E-state index in [0.717, 1.165) is 12.1 Å². The molecule has 0 bridgehead atoms. The van der Waals surface area contributed by atoms with Crippen LogP contribution in [0.15, 0.2) is 18.2 Å². The number of hydrogen-bond acceptors (Lipinski definition) is 4. The van der Waals surface area contributed by atoms with Crippen LogP contribution in [0.5, 0.6) is 0 Å². The molecule has 1 aromatic heterocycles. The third-order valence-electron chi connectivity index (χ3n) is 3.47. The Morgan fingerprint density at radius 3 is 2.70 bits per heavy atom. The Hall–Kier alpha value is -2.38. The molecule has 8 heteroatoms. The van der Waals surface area contributed by atoms with E-state index in [0.29, 0.717) is 18.4 Å². The number of nitrogens with zero attached hydrogens (tertiary/aromatic N) is 4. The lowest BCUT2D eigenvalue weighted by Crippen LogP contribution is -2.22. The average Bonchev–Trinajstić information content (AvgIpc) is 3.05. The van der Waals surface area contributed by atoms with Crippen molar-refractivity contribution < 1.29 is 18.7 Å². The number of carboxylic acids is 1. The van der Waals surface area contributed by atoms with Gasteiger partial charge in [0.2, 0.25) is 0 Å². The second-order valence-electron chi connectivity index (χ2n) is 4.87. The Bertz CT molecular complexity index is 682. The van der Waals surface area contributed by atoms with Crippen LogP contribution in [-0.2, 0) is 11.3 Å². The largest absolute Gasteiger partial charge is 0.481 e. The van der Waals surface area contributed by atoms with Crippen LogP contribution in [0.1, 0.15) is 12.8 Å². The van der Waals surface area contributed by atoms with Crippen LogP contribution >= 0.6 is 0 Å². The Kier molecular flexibility index (Phi) is 2.73. The second-order valence-corrected chi connectivity index (χ2v) is 4.87. The van der Waals surface area contributed by atoms with Crippen LogP contribution in [0.3, 0.4) is 0 Å². The predicted octanol–water partition coefficient (Wildman–Crippen LogP) is 1.48. The summed E-state index contributed by atoms with van der Waals surface area (Å²) in [5.41, 5.74) is -0.544. The number of tetrazole rings is 1. The number of aromatic nitrogens is 4. The molecule has 0 amide bonds. The van der Waals surface area contributed by atoms with Gasteiger partial charge in [-0.15, -0.1) is 5.10 Å². The molecule has 0 spiro atoms. The van der Waals surface area contributed by atoms with Gasteiger partial charge in [-0.1, -0.05) is 0 Å². The molecule has 0 aliphatic heterocycles. The predicted molar refractivity (Wildman–Crippen MR) is 62.5 cm³/mol. The maximum absolute atomic E-state index is 13.2. The van der Waals surface area contributed by atoms with Crippen molar-refractivity contribution in [1.29, 1.82) is 0 Å². The summed E-state index contributed by atoms with van der Waals surface area (Å²) in [5.74, 6) is -2.64. The number of benzene rings is 1. The van der Waals surface area contributed by atoms with Gasteiger partial charge in [0.1, 0.15) is 0 Å². The quantitative estimate of drug-likeness (QED) is 0.917. The summed E-state index contributed by atoms with van der Waals surface area (Å²) < 4.78 is 27.5. The fraction of sp³-hybridized carbons (Fsp3) is 0.333. The lowest BCUT2D eigenvalue weighted by Gasteiger charge is -2.10. The summed E-state index contributed by atoms with van der Waals surface area (Å²) in [7, 11) is 0. The van der Waals surface area contributed by atoms with E-state index >= 15 is 0 Å². The smallest absolute Gasteiger partial charge is 0.311 e. The summed E-state index contributed by atoms with van der Waals surface area (Å²) in [6.45, 7) is 0.115. The molecule has 1 aliphatic rings. The average molecular weight is 280 g/mol. The molecule has 1 fully saturated rings. The van der Waals surface area contributed by atoms with Crippen LogP contribution in [0.4, 0.5) is 8.78 Å². The van der Waals surface area contributed by atoms with Crippen molar-refractivity contribution in [3.8, 4) is 11.4 Å². The van der Waals surface area contributed by atoms with Crippen LogP contribution < -0.4 is 0 Å². The van der Waals surface area contributed by atoms with Gasteiger partial charge in [0.25, 0.3) is 0 Å². The minimum Gasteiger partial charge on any atom is -0.481 e. The minimum atomic E-state index is -1.00. The van der Waals surface area contributed by atoms with E-state index in [2.05, 4.69) is 15.5 Å². The topological polar surface area (TPSA) is 80.9 Å². The van der Waals surface area contributed by atoms with E-state index in [1.807, 2.05) is 0 Å². The zero-order valence-electron chi connectivity index (χ0n) is 10.3. The molecular weight excluding hydrogens is 270 g/mol. The molecule has 1 aromatic carbocycles. The first-order valence-corrected chi connectivity index (χ1v) is 5.97. The molecular formula is C12H10F2N4O2. The van der Waals surface area contributed by atoms with Gasteiger partial charge in [-0.05, 0) is 41.5 Å². The highest BCUT2D eigenvalue weighted by Gasteiger charge is 2.51. The first kappa shape index (κ1) is 12.6. The Morgan fingerprint density at radius 1 is 1.35 bits per heavy atom. The zero-order chi connectivity index (χ0) is 14.3. The lowest BCUT2D eigenvalue weighted by molar-refractivity contribution is -0.144. The number of carbonyl (C=O) groups is 1. The van der Waals surface area contributed by atoms with Crippen molar-refractivity contribution in [2.45, 2.75) is 19.4 Å². The fourth-order valence-corrected chi connectivity index (χ4v) is 2.03. The van der Waals surface area contributed by atoms with Crippen molar-refractivity contribution >= 4 is 5.97 Å². The van der Waals surface area contributed by atoms with E-state index in [1.54, 1.807) is 0 Å². The summed E-state index contributed by atoms with van der Waals surface area (Å²) in [5, 5.41) is 20.1. The minimum absolute atomic E-state index is 0.115. The number of rotatable bonds is 4. The molecule has 0 atom stereocenters. The summed E-state index contributed by atoms with van der Waals surface area (Å²) >= 11 is 0. The first-order chi connectivity index (χ1) is 9.52. The molecule has 1 heterocycles. The van der Waals surface area contributed by atoms with Gasteiger partial charge in [0, 0.05) is 5.56 Å². The Balaban J connectivity index is 1.94. The number of hydrogen-bond donors (Lipinski definition) is 1. The van der Waals surface area contributed by atoms with Crippen molar-refractivity contribution in [2.24, 2.45) is 5.41 Å². The maximum Gasteiger partial charge on any atom is 0.311 e. The molecule has 0 saturated heterocycles. The molecule has 1 N–H and O–H groups in total. The van der Waals surface area contributed by atoms with E-state index in [4.69, 9.17) is 5.11 Å². The van der Waals surface area contributed by atoms with Crippen LogP contribution in [-0.4, -0.2) is 31.3 Å². The van der Waals surface area contributed by atoms with E-state index in [1.165, 1.54) is 10.7 Å². The molecule has 0 radical (unpaired) electrons. The number of aliphatic carboxylic acids is 1. The van der Waals surface area contributed by atoms with Gasteiger partial charge in [0.05, 0.1) is 12.0 Å².